The summed E-state index contributed by atoms with van der Waals surface area (Å²) in [6, 6.07) is 5.04. The molecule has 1 saturated heterocycles. The number of ketones is 1. The van der Waals surface area contributed by atoms with Crippen molar-refractivity contribution in [2.75, 3.05) is 5.88 Å². The number of hydrogen-bond donors (Lipinski definition) is 0. The average molecular weight is 460 g/mol. The second-order valence-electron chi connectivity index (χ2n) is 7.24. The second kappa shape index (κ2) is 7.17. The minimum Gasteiger partial charge on any atom is -0.461 e. The molecule has 5 nitrogen and oxygen atoms in total. The molecule has 27 heavy (non-hydrogen) atoms. The van der Waals surface area contributed by atoms with Crippen LogP contribution in [0.1, 0.15) is 23.2 Å². The van der Waals surface area contributed by atoms with Crippen LogP contribution in [0, 0.1) is 29.5 Å². The molecule has 7 atom stereocenters. The largest absolute Gasteiger partial charge is 0.461 e. The Hall–Kier alpha value is -1.47. The van der Waals surface area contributed by atoms with E-state index in [1.807, 2.05) is 0 Å². The molecule has 0 N–H and O–H groups in total. The highest BCUT2D eigenvalue weighted by atomic mass is 79.9. The molecule has 3 fully saturated rings. The van der Waals surface area contributed by atoms with Crippen molar-refractivity contribution in [1.82, 2.24) is 0 Å². The highest BCUT2D eigenvalue weighted by Crippen LogP contribution is 2.60. The van der Waals surface area contributed by atoms with Crippen LogP contribution in [0.15, 0.2) is 24.3 Å². The molecule has 0 unspecified atom stereocenters. The maximum Gasteiger partial charge on any atom is 0.310 e. The van der Waals surface area contributed by atoms with Crippen LogP contribution in [0.3, 0.4) is 0 Å². The van der Waals surface area contributed by atoms with Gasteiger partial charge >= 0.3 is 11.9 Å². The van der Waals surface area contributed by atoms with Gasteiger partial charge in [0.1, 0.15) is 11.9 Å². The fourth-order valence-corrected chi connectivity index (χ4v) is 5.90. The smallest absolute Gasteiger partial charge is 0.310 e. The normalized spacial score (nSPS) is 34.4. The van der Waals surface area contributed by atoms with E-state index in [-0.39, 0.29) is 46.6 Å². The number of Topliss-reactive ketones (excluding diaryl/α,β-unsaturated/α-hetero) is 1. The summed E-state index contributed by atoms with van der Waals surface area (Å²) in [6.07, 6.45) is -0.388. The summed E-state index contributed by atoms with van der Waals surface area (Å²) in [5.74, 6) is -2.87. The number of esters is 2. The predicted octanol–water partition coefficient (Wildman–Crippen LogP) is 3.12. The fraction of sp³-hybridized carbons (Fsp3) is 0.526. The van der Waals surface area contributed by atoms with E-state index < -0.39 is 35.5 Å². The molecule has 2 bridgehead atoms. The topological polar surface area (TPSA) is 69.7 Å². The number of benzene rings is 1. The van der Waals surface area contributed by atoms with E-state index in [1.54, 1.807) is 0 Å². The fourth-order valence-electron chi connectivity index (χ4n) is 4.66. The van der Waals surface area contributed by atoms with Crippen molar-refractivity contribution in [3.63, 3.8) is 0 Å². The van der Waals surface area contributed by atoms with Gasteiger partial charge in [-0.15, -0.1) is 11.6 Å². The highest BCUT2D eigenvalue weighted by molar-refractivity contribution is 9.09. The van der Waals surface area contributed by atoms with Gasteiger partial charge in [-0.1, -0.05) is 15.9 Å². The Balaban J connectivity index is 1.52. The third kappa shape index (κ3) is 3.09. The van der Waals surface area contributed by atoms with Crippen molar-refractivity contribution in [3.8, 4) is 0 Å². The molecular formula is C19H17BrClFO5. The van der Waals surface area contributed by atoms with E-state index in [0.29, 0.717) is 0 Å². The Morgan fingerprint density at radius 1 is 1.30 bits per heavy atom. The van der Waals surface area contributed by atoms with Crippen LogP contribution in [-0.4, -0.2) is 40.6 Å². The van der Waals surface area contributed by atoms with Crippen LogP contribution < -0.4 is 0 Å². The molecule has 1 aliphatic heterocycles. The van der Waals surface area contributed by atoms with Gasteiger partial charge in [0.05, 0.1) is 16.7 Å². The van der Waals surface area contributed by atoms with E-state index in [2.05, 4.69) is 15.9 Å². The number of hydrogen-bond acceptors (Lipinski definition) is 5. The van der Waals surface area contributed by atoms with E-state index in [9.17, 15) is 18.8 Å². The lowest BCUT2D eigenvalue weighted by atomic mass is 9.80. The monoisotopic (exact) mass is 458 g/mol. The maximum absolute atomic E-state index is 13.1. The van der Waals surface area contributed by atoms with Crippen LogP contribution >= 0.6 is 27.5 Å². The third-order valence-corrected chi connectivity index (χ3v) is 7.26. The molecule has 3 aliphatic rings. The van der Waals surface area contributed by atoms with Gasteiger partial charge < -0.3 is 9.47 Å². The second-order valence-corrected chi connectivity index (χ2v) is 8.67. The van der Waals surface area contributed by atoms with E-state index in [0.717, 1.165) is 6.42 Å². The first-order chi connectivity index (χ1) is 12.9. The van der Waals surface area contributed by atoms with Crippen molar-refractivity contribution in [2.45, 2.75) is 29.9 Å². The van der Waals surface area contributed by atoms with Gasteiger partial charge in [0.25, 0.3) is 0 Å². The van der Waals surface area contributed by atoms with Crippen LogP contribution in [0.2, 0.25) is 0 Å². The first kappa shape index (κ1) is 18.9. The van der Waals surface area contributed by atoms with Crippen molar-refractivity contribution in [3.05, 3.63) is 35.6 Å². The summed E-state index contributed by atoms with van der Waals surface area (Å²) in [6.45, 7) is 0. The minimum atomic E-state index is -1.07. The Morgan fingerprint density at radius 2 is 2.00 bits per heavy atom. The highest BCUT2D eigenvalue weighted by Gasteiger charge is 2.68. The zero-order valence-corrected chi connectivity index (χ0v) is 16.5. The number of halogens is 3. The van der Waals surface area contributed by atoms with Gasteiger partial charge in [-0.3, -0.25) is 14.4 Å². The minimum absolute atomic E-state index is 0.0173. The molecule has 0 radical (unpaired) electrons. The molecule has 2 aliphatic carbocycles. The lowest BCUT2D eigenvalue weighted by Crippen LogP contribution is -2.41. The quantitative estimate of drug-likeness (QED) is 0.371. The lowest BCUT2D eigenvalue weighted by molar-refractivity contribution is -0.158. The summed E-state index contributed by atoms with van der Waals surface area (Å²) >= 11 is 9.33. The Kier molecular flexibility index (Phi) is 5.01. The molecule has 2 saturated carbocycles. The van der Waals surface area contributed by atoms with Crippen molar-refractivity contribution < 1.29 is 28.2 Å². The molecule has 0 amide bonds. The van der Waals surface area contributed by atoms with E-state index >= 15 is 0 Å². The van der Waals surface area contributed by atoms with Gasteiger partial charge in [0.2, 0.25) is 5.78 Å². The molecule has 0 spiro atoms. The number of alkyl halides is 2. The van der Waals surface area contributed by atoms with Crippen molar-refractivity contribution >= 4 is 45.3 Å². The SMILES string of the molecule is O=C(O[C@@H](CCCl)C(=O)c1ccc(F)cc1)[C@@H]1[C@H]2C[C@H]3[C@H](OC(=O)[C@H]31)[C@@H]2Br. The maximum atomic E-state index is 13.1. The summed E-state index contributed by atoms with van der Waals surface area (Å²) in [7, 11) is 0. The Morgan fingerprint density at radius 3 is 2.67 bits per heavy atom. The van der Waals surface area contributed by atoms with Crippen molar-refractivity contribution in [2.24, 2.45) is 23.7 Å². The van der Waals surface area contributed by atoms with Gasteiger partial charge in [0, 0.05) is 23.8 Å². The van der Waals surface area contributed by atoms with Crippen LogP contribution in [-0.2, 0) is 19.1 Å². The number of carbonyl (C=O) groups is 3. The molecule has 8 heteroatoms. The van der Waals surface area contributed by atoms with E-state index in [1.165, 1.54) is 24.3 Å². The lowest BCUT2D eigenvalue weighted by Gasteiger charge is -2.28. The molecule has 1 heterocycles. The number of rotatable bonds is 6. The van der Waals surface area contributed by atoms with Crippen LogP contribution in [0.4, 0.5) is 4.39 Å². The van der Waals surface area contributed by atoms with Gasteiger partial charge in [0.15, 0.2) is 6.10 Å². The summed E-state index contributed by atoms with van der Waals surface area (Å²) in [5, 5.41) is 0. The van der Waals surface area contributed by atoms with E-state index in [4.69, 9.17) is 21.1 Å². The summed E-state index contributed by atoms with van der Waals surface area (Å²) in [5.41, 5.74) is 0.242. The first-order valence-electron chi connectivity index (χ1n) is 8.83. The van der Waals surface area contributed by atoms with Gasteiger partial charge in [-0.25, -0.2) is 4.39 Å². The molecule has 1 aromatic rings. The molecular weight excluding hydrogens is 443 g/mol. The van der Waals surface area contributed by atoms with Crippen LogP contribution in [0.25, 0.3) is 0 Å². The summed E-state index contributed by atoms with van der Waals surface area (Å²) < 4.78 is 24.0. The van der Waals surface area contributed by atoms with Crippen molar-refractivity contribution in [1.29, 1.82) is 0 Å². The number of carbonyl (C=O) groups excluding carboxylic acids is 3. The summed E-state index contributed by atoms with van der Waals surface area (Å²) in [4.78, 5) is 37.7. The average Bonchev–Trinajstić information content (AvgIpc) is 3.25. The molecule has 144 valence electrons. The predicted molar refractivity (Wildman–Crippen MR) is 97.1 cm³/mol. The zero-order valence-electron chi connectivity index (χ0n) is 14.1. The van der Waals surface area contributed by atoms with Gasteiger partial charge in [-0.2, -0.15) is 0 Å². The number of fused-ring (bicyclic) bond motifs is 1. The van der Waals surface area contributed by atoms with Crippen LogP contribution in [0.5, 0.6) is 0 Å². The molecule has 0 aromatic heterocycles. The molecule has 1 aromatic carbocycles. The Labute approximate surface area is 168 Å². The third-order valence-electron chi connectivity index (χ3n) is 5.85. The Bertz CT molecular complexity index is 785. The number of ether oxygens (including phenoxy) is 2. The standard InChI is InChI=1S/C19H17BrClFO5/c20-15-10-7-11-14(19(25)27-17(11)15)13(10)18(24)26-12(5-6-21)16(23)8-1-3-9(22)4-2-8/h1-4,10-15,17H,5-7H2/t10-,11-,12+,13-,14-,15-,17+/m1/s1. The first-order valence-corrected chi connectivity index (χ1v) is 10.3. The zero-order chi connectivity index (χ0) is 19.3. The van der Waals surface area contributed by atoms with Gasteiger partial charge in [-0.05, 0) is 36.6 Å². The molecule has 4 rings (SSSR count).